The normalized spacial score (nSPS) is 16.0. The van der Waals surface area contributed by atoms with Gasteiger partial charge in [-0.1, -0.05) is 42.4 Å². The summed E-state index contributed by atoms with van der Waals surface area (Å²) in [6.45, 7) is 2.31. The molecule has 1 unspecified atom stereocenters. The number of carbonyl (C=O) groups is 1. The summed E-state index contributed by atoms with van der Waals surface area (Å²) < 4.78 is 1.98. The van der Waals surface area contributed by atoms with Gasteiger partial charge in [-0.3, -0.25) is 4.79 Å². The Morgan fingerprint density at radius 1 is 1.39 bits per heavy atom. The van der Waals surface area contributed by atoms with E-state index in [0.29, 0.717) is 10.7 Å². The maximum atomic E-state index is 12.3. The van der Waals surface area contributed by atoms with E-state index in [1.54, 1.807) is 12.1 Å². The number of thioether (sulfide) groups is 1. The maximum absolute atomic E-state index is 12.3. The molecule has 1 N–H and O–H groups in total. The van der Waals surface area contributed by atoms with Gasteiger partial charge in [0.15, 0.2) is 11.0 Å². The van der Waals surface area contributed by atoms with Gasteiger partial charge in [0, 0.05) is 22.9 Å². The lowest BCUT2D eigenvalue weighted by atomic mass is 9.88. The van der Waals surface area contributed by atoms with E-state index in [-0.39, 0.29) is 11.7 Å². The van der Waals surface area contributed by atoms with Crippen LogP contribution in [0.4, 0.5) is 5.69 Å². The van der Waals surface area contributed by atoms with Crippen LogP contribution in [0.25, 0.3) is 11.4 Å². The molecule has 3 aromatic rings. The summed E-state index contributed by atoms with van der Waals surface area (Å²) in [5.41, 5.74) is 3.23. The third-order valence-corrected chi connectivity index (χ3v) is 7.36. The molecule has 0 aliphatic heterocycles. The van der Waals surface area contributed by atoms with Gasteiger partial charge >= 0.3 is 0 Å². The second-order valence-electron chi connectivity index (χ2n) is 7.08. The number of hydrogen-bond acceptors (Lipinski definition) is 5. The zero-order valence-corrected chi connectivity index (χ0v) is 18.1. The highest BCUT2D eigenvalue weighted by Crippen LogP contribution is 2.38. The first kappa shape index (κ1) is 19.5. The molecule has 0 saturated carbocycles. The number of nitrogens with one attached hydrogen (secondary N) is 1. The molecule has 1 aromatic carbocycles. The molecule has 0 saturated heterocycles. The van der Waals surface area contributed by atoms with Gasteiger partial charge in [-0.2, -0.15) is 0 Å². The Bertz CT molecular complexity index is 1010. The zero-order chi connectivity index (χ0) is 19.7. The number of thiophene rings is 1. The van der Waals surface area contributed by atoms with Gasteiger partial charge < -0.3 is 9.88 Å². The highest BCUT2D eigenvalue weighted by Gasteiger charge is 2.23. The van der Waals surface area contributed by atoms with Crippen molar-refractivity contribution in [2.24, 2.45) is 13.0 Å². The summed E-state index contributed by atoms with van der Waals surface area (Å²) in [5, 5.41) is 15.0. The first-order chi connectivity index (χ1) is 13.5. The van der Waals surface area contributed by atoms with Crippen LogP contribution in [0.5, 0.6) is 0 Å². The third kappa shape index (κ3) is 3.97. The molecule has 146 valence electrons. The van der Waals surface area contributed by atoms with Gasteiger partial charge in [-0.25, -0.2) is 0 Å². The third-order valence-electron chi connectivity index (χ3n) is 4.96. The molecule has 5 nitrogen and oxygen atoms in total. The second-order valence-corrected chi connectivity index (χ2v) is 9.39. The first-order valence-corrected chi connectivity index (χ1v) is 11.4. The fourth-order valence-electron chi connectivity index (χ4n) is 3.42. The van der Waals surface area contributed by atoms with E-state index in [2.05, 4.69) is 27.8 Å². The predicted octanol–water partition coefficient (Wildman–Crippen LogP) is 5.05. The average molecular weight is 433 g/mol. The Kier molecular flexibility index (Phi) is 5.75. The molecule has 2 heterocycles. The van der Waals surface area contributed by atoms with Crippen molar-refractivity contribution < 1.29 is 4.79 Å². The minimum absolute atomic E-state index is 0.121. The molecule has 1 atom stereocenters. The van der Waals surface area contributed by atoms with Gasteiger partial charge in [0.2, 0.25) is 5.91 Å². The lowest BCUT2D eigenvalue weighted by Gasteiger charge is -2.18. The number of carbonyl (C=O) groups excluding carboxylic acids is 1. The number of benzene rings is 1. The van der Waals surface area contributed by atoms with Crippen molar-refractivity contribution in [2.75, 3.05) is 11.1 Å². The minimum Gasteiger partial charge on any atom is -0.324 e. The molecule has 2 aromatic heterocycles. The highest BCUT2D eigenvalue weighted by atomic mass is 35.5. The Balaban J connectivity index is 1.45. The molecule has 0 bridgehead atoms. The van der Waals surface area contributed by atoms with Gasteiger partial charge in [0.1, 0.15) is 0 Å². The molecule has 0 radical (unpaired) electrons. The number of amides is 1. The highest BCUT2D eigenvalue weighted by molar-refractivity contribution is 7.99. The van der Waals surface area contributed by atoms with Crippen molar-refractivity contribution in [2.45, 2.75) is 31.3 Å². The van der Waals surface area contributed by atoms with Gasteiger partial charge in [0.05, 0.1) is 16.5 Å². The van der Waals surface area contributed by atoms with Crippen LogP contribution < -0.4 is 5.32 Å². The fraction of sp³-hybridized carbons (Fsp3) is 0.350. The monoisotopic (exact) mass is 432 g/mol. The molecule has 0 fully saturated rings. The second kappa shape index (κ2) is 8.27. The first-order valence-electron chi connectivity index (χ1n) is 9.19. The number of hydrogen-bond donors (Lipinski definition) is 1. The van der Waals surface area contributed by atoms with Crippen LogP contribution in [0.1, 0.15) is 23.8 Å². The Morgan fingerprint density at radius 2 is 2.21 bits per heavy atom. The summed E-state index contributed by atoms with van der Waals surface area (Å²) in [6.07, 6.45) is 3.48. The lowest BCUT2D eigenvalue weighted by Crippen LogP contribution is -2.14. The van der Waals surface area contributed by atoms with Crippen molar-refractivity contribution in [3.63, 3.8) is 0 Å². The number of halogens is 1. The van der Waals surface area contributed by atoms with Crippen molar-refractivity contribution >= 4 is 46.3 Å². The zero-order valence-electron chi connectivity index (χ0n) is 15.7. The van der Waals surface area contributed by atoms with E-state index in [4.69, 9.17) is 11.6 Å². The van der Waals surface area contributed by atoms with Gasteiger partial charge in [-0.05, 0) is 42.9 Å². The van der Waals surface area contributed by atoms with Crippen LogP contribution in [0, 0.1) is 5.92 Å². The van der Waals surface area contributed by atoms with E-state index in [1.165, 1.54) is 34.2 Å². The lowest BCUT2D eigenvalue weighted by molar-refractivity contribution is -0.113. The Labute approximate surface area is 177 Å². The van der Waals surface area contributed by atoms with E-state index in [1.807, 2.05) is 35.1 Å². The van der Waals surface area contributed by atoms with E-state index in [0.717, 1.165) is 29.7 Å². The van der Waals surface area contributed by atoms with Crippen LogP contribution in [0.15, 0.2) is 34.8 Å². The van der Waals surface area contributed by atoms with Crippen LogP contribution in [0.3, 0.4) is 0 Å². The molecular weight excluding hydrogens is 412 g/mol. The van der Waals surface area contributed by atoms with Crippen LogP contribution in [0.2, 0.25) is 5.02 Å². The maximum Gasteiger partial charge on any atom is 0.234 e. The van der Waals surface area contributed by atoms with Gasteiger partial charge in [-0.15, -0.1) is 21.5 Å². The minimum atomic E-state index is -0.121. The van der Waals surface area contributed by atoms with Crippen molar-refractivity contribution in [3.8, 4) is 11.4 Å². The van der Waals surface area contributed by atoms with Crippen molar-refractivity contribution in [1.82, 2.24) is 14.8 Å². The van der Waals surface area contributed by atoms with E-state index in [9.17, 15) is 4.79 Å². The number of aromatic nitrogens is 3. The number of rotatable bonds is 5. The summed E-state index contributed by atoms with van der Waals surface area (Å²) >= 11 is 9.29. The van der Waals surface area contributed by atoms with E-state index >= 15 is 0 Å². The van der Waals surface area contributed by atoms with Crippen molar-refractivity contribution in [3.05, 3.63) is 45.1 Å². The van der Waals surface area contributed by atoms with Crippen molar-refractivity contribution in [1.29, 1.82) is 0 Å². The standard InChI is InChI=1S/C20H21ClN4OS2/c1-12-7-8-13-14(10-27-17(13)9-12)19-23-24-20(25(19)2)28-11-18(26)22-16-6-4-3-5-15(16)21/h3-6,10,12H,7-9,11H2,1-2H3,(H,22,26). The molecule has 0 spiro atoms. The number of fused-ring (bicyclic) bond motifs is 1. The number of nitrogens with zero attached hydrogens (tertiary/aromatic N) is 3. The van der Waals surface area contributed by atoms with E-state index < -0.39 is 0 Å². The predicted molar refractivity (Wildman–Crippen MR) is 116 cm³/mol. The topological polar surface area (TPSA) is 59.8 Å². The largest absolute Gasteiger partial charge is 0.324 e. The fourth-order valence-corrected chi connectivity index (χ4v) is 5.56. The van der Waals surface area contributed by atoms with Crippen LogP contribution in [-0.4, -0.2) is 26.4 Å². The quantitative estimate of drug-likeness (QED) is 0.573. The van der Waals surface area contributed by atoms with Crippen LogP contribution >= 0.6 is 34.7 Å². The number of para-hydroxylation sites is 1. The molecule has 1 aliphatic rings. The summed E-state index contributed by atoms with van der Waals surface area (Å²) in [6, 6.07) is 7.21. The van der Waals surface area contributed by atoms with Gasteiger partial charge in [0.25, 0.3) is 0 Å². The molecular formula is C20H21ClN4OS2. The molecule has 1 amide bonds. The van der Waals surface area contributed by atoms with Crippen LogP contribution in [-0.2, 0) is 24.7 Å². The average Bonchev–Trinajstić information content (AvgIpc) is 3.24. The summed E-state index contributed by atoms with van der Waals surface area (Å²) in [4.78, 5) is 13.7. The molecule has 1 aliphatic carbocycles. The summed E-state index contributed by atoms with van der Waals surface area (Å²) in [7, 11) is 1.96. The summed E-state index contributed by atoms with van der Waals surface area (Å²) in [5.74, 6) is 1.75. The molecule has 28 heavy (non-hydrogen) atoms. The molecule has 8 heteroatoms. The smallest absolute Gasteiger partial charge is 0.234 e. The SMILES string of the molecule is CC1CCc2c(-c3nnc(SCC(=O)Nc4ccccc4Cl)n3C)csc2C1. The molecule has 4 rings (SSSR count). The Morgan fingerprint density at radius 3 is 3.04 bits per heavy atom. The number of anilines is 1. The Hall–Kier alpha value is -1.83.